The Hall–Kier alpha value is -0.730. The van der Waals surface area contributed by atoms with Crippen LogP contribution in [0.1, 0.15) is 12.8 Å². The van der Waals surface area contributed by atoms with E-state index in [1.165, 1.54) is 0 Å². The van der Waals surface area contributed by atoms with Crippen LogP contribution in [-0.4, -0.2) is 79.3 Å². The molecule has 7 heteroatoms. The second-order valence-electron chi connectivity index (χ2n) is 5.59. The van der Waals surface area contributed by atoms with Gasteiger partial charge < -0.3 is 30.0 Å². The molecule has 0 aromatic rings. The summed E-state index contributed by atoms with van der Waals surface area (Å²) < 4.78 is 16.7. The molecule has 0 aliphatic carbocycles. The van der Waals surface area contributed by atoms with Crippen molar-refractivity contribution in [3.8, 4) is 0 Å². The third-order valence-electron chi connectivity index (χ3n) is 4.28. The smallest absolute Gasteiger partial charge is 0.225 e. The Kier molecular flexibility index (Phi) is 4.23. The maximum absolute atomic E-state index is 12.1. The zero-order chi connectivity index (χ0) is 14.1. The second-order valence-corrected chi connectivity index (χ2v) is 5.59. The number of nitrogens with zero attached hydrogens (tertiary/aromatic N) is 1. The quantitative estimate of drug-likeness (QED) is 0.654. The SMILES string of the molecule is NC[C@H]1O[C@@H]2C[C@@H](CC(=O)N3CCOCC3)O[C@@H]2[C@@H]1O. The van der Waals surface area contributed by atoms with Crippen molar-refractivity contribution in [1.29, 1.82) is 0 Å². The van der Waals surface area contributed by atoms with Gasteiger partial charge in [0.25, 0.3) is 0 Å². The lowest BCUT2D eigenvalue weighted by molar-refractivity contribution is -0.138. The van der Waals surface area contributed by atoms with Crippen LogP contribution in [0, 0.1) is 0 Å². The van der Waals surface area contributed by atoms with Crippen molar-refractivity contribution >= 4 is 5.91 Å². The third-order valence-corrected chi connectivity index (χ3v) is 4.28. The van der Waals surface area contributed by atoms with E-state index < -0.39 is 6.10 Å². The number of carbonyl (C=O) groups excluding carboxylic acids is 1. The molecule has 0 spiro atoms. The molecule has 7 nitrogen and oxygen atoms in total. The number of fused-ring (bicyclic) bond motifs is 1. The Labute approximate surface area is 117 Å². The summed E-state index contributed by atoms with van der Waals surface area (Å²) in [6.07, 6.45) is -0.694. The Balaban J connectivity index is 1.50. The van der Waals surface area contributed by atoms with Crippen LogP contribution in [0.2, 0.25) is 0 Å². The molecule has 0 unspecified atom stereocenters. The van der Waals surface area contributed by atoms with E-state index in [4.69, 9.17) is 19.9 Å². The van der Waals surface area contributed by atoms with Gasteiger partial charge in [-0.15, -0.1) is 0 Å². The maximum atomic E-state index is 12.1. The topological polar surface area (TPSA) is 94.3 Å². The summed E-state index contributed by atoms with van der Waals surface area (Å²) in [5, 5.41) is 10.0. The summed E-state index contributed by atoms with van der Waals surface area (Å²) in [5.41, 5.74) is 5.53. The summed E-state index contributed by atoms with van der Waals surface area (Å²) in [5.74, 6) is 0.0862. The minimum atomic E-state index is -0.687. The van der Waals surface area contributed by atoms with Crippen LogP contribution in [-0.2, 0) is 19.0 Å². The van der Waals surface area contributed by atoms with Gasteiger partial charge in [-0.3, -0.25) is 4.79 Å². The number of hydrogen-bond acceptors (Lipinski definition) is 6. The van der Waals surface area contributed by atoms with Crippen LogP contribution in [0.4, 0.5) is 0 Å². The van der Waals surface area contributed by atoms with E-state index in [0.29, 0.717) is 39.1 Å². The highest BCUT2D eigenvalue weighted by Crippen LogP contribution is 2.35. The summed E-state index contributed by atoms with van der Waals surface area (Å²) in [6, 6.07) is 0. The van der Waals surface area contributed by atoms with Crippen molar-refractivity contribution in [3.05, 3.63) is 0 Å². The number of carbonyl (C=O) groups is 1. The average Bonchev–Trinajstić information content (AvgIpc) is 2.99. The normalized spacial score (nSPS) is 40.9. The van der Waals surface area contributed by atoms with Crippen LogP contribution in [0.15, 0.2) is 0 Å². The molecule has 3 aliphatic rings. The standard InChI is InChI=1S/C13H22N2O5/c14-7-10-12(17)13-9(20-10)5-8(19-13)6-11(16)15-1-3-18-4-2-15/h8-10,12-13,17H,1-7,14H2/t8-,9+,10+,12+,13-/m0/s1. The number of morpholine rings is 1. The molecule has 1 amide bonds. The lowest BCUT2D eigenvalue weighted by Gasteiger charge is -2.28. The lowest BCUT2D eigenvalue weighted by Crippen LogP contribution is -2.42. The van der Waals surface area contributed by atoms with E-state index in [9.17, 15) is 9.90 Å². The van der Waals surface area contributed by atoms with Crippen molar-refractivity contribution in [2.75, 3.05) is 32.8 Å². The fourth-order valence-corrected chi connectivity index (χ4v) is 3.17. The minimum absolute atomic E-state index is 0.0862. The van der Waals surface area contributed by atoms with Crippen LogP contribution in [0.3, 0.4) is 0 Å². The monoisotopic (exact) mass is 286 g/mol. The second kappa shape index (κ2) is 5.95. The molecule has 3 aliphatic heterocycles. The van der Waals surface area contributed by atoms with E-state index >= 15 is 0 Å². The molecule has 114 valence electrons. The Morgan fingerprint density at radius 3 is 2.70 bits per heavy atom. The molecule has 0 radical (unpaired) electrons. The highest BCUT2D eigenvalue weighted by molar-refractivity contribution is 5.76. The molecule has 0 saturated carbocycles. The third kappa shape index (κ3) is 2.68. The van der Waals surface area contributed by atoms with E-state index in [-0.39, 0.29) is 36.9 Å². The molecule has 3 fully saturated rings. The van der Waals surface area contributed by atoms with Crippen molar-refractivity contribution in [1.82, 2.24) is 4.90 Å². The van der Waals surface area contributed by atoms with Crippen molar-refractivity contribution < 1.29 is 24.1 Å². The number of ether oxygens (including phenoxy) is 3. The average molecular weight is 286 g/mol. The first-order valence-electron chi connectivity index (χ1n) is 7.23. The molecule has 0 bridgehead atoms. The Bertz CT molecular complexity index is 361. The van der Waals surface area contributed by atoms with E-state index in [0.717, 1.165) is 0 Å². The van der Waals surface area contributed by atoms with Gasteiger partial charge in [0.1, 0.15) is 12.2 Å². The summed E-state index contributed by atoms with van der Waals surface area (Å²) in [4.78, 5) is 13.9. The zero-order valence-corrected chi connectivity index (χ0v) is 11.4. The molecule has 5 atom stereocenters. The van der Waals surface area contributed by atoms with E-state index in [1.54, 1.807) is 4.90 Å². The number of amides is 1. The largest absolute Gasteiger partial charge is 0.388 e. The van der Waals surface area contributed by atoms with Gasteiger partial charge in [0.2, 0.25) is 5.91 Å². The number of rotatable bonds is 3. The molecule has 3 heterocycles. The van der Waals surface area contributed by atoms with E-state index in [1.807, 2.05) is 0 Å². The summed E-state index contributed by atoms with van der Waals surface area (Å²) in [7, 11) is 0. The first-order chi connectivity index (χ1) is 9.69. The highest BCUT2D eigenvalue weighted by Gasteiger charge is 2.50. The van der Waals surface area contributed by atoms with Crippen LogP contribution in [0.25, 0.3) is 0 Å². The molecule has 3 rings (SSSR count). The molecule has 3 N–H and O–H groups in total. The fraction of sp³-hybridized carbons (Fsp3) is 0.923. The first kappa shape index (κ1) is 14.2. The van der Waals surface area contributed by atoms with Crippen molar-refractivity contribution in [3.63, 3.8) is 0 Å². The predicted molar refractivity (Wildman–Crippen MR) is 69.0 cm³/mol. The maximum Gasteiger partial charge on any atom is 0.225 e. The molecule has 20 heavy (non-hydrogen) atoms. The summed E-state index contributed by atoms with van der Waals surface area (Å²) >= 11 is 0. The molecule has 0 aromatic carbocycles. The number of hydrogen-bond donors (Lipinski definition) is 2. The lowest BCUT2D eigenvalue weighted by atomic mass is 10.1. The van der Waals surface area contributed by atoms with Gasteiger partial charge in [-0.2, -0.15) is 0 Å². The van der Waals surface area contributed by atoms with Gasteiger partial charge >= 0.3 is 0 Å². The van der Waals surface area contributed by atoms with Crippen LogP contribution in [0.5, 0.6) is 0 Å². The molecule has 0 aromatic heterocycles. The van der Waals surface area contributed by atoms with Gasteiger partial charge in [0.05, 0.1) is 37.9 Å². The number of aliphatic hydroxyl groups excluding tert-OH is 1. The molecule has 3 saturated heterocycles. The molecular weight excluding hydrogens is 264 g/mol. The highest BCUT2D eigenvalue weighted by atomic mass is 16.6. The number of nitrogens with two attached hydrogens (primary N) is 1. The van der Waals surface area contributed by atoms with Gasteiger partial charge in [0.15, 0.2) is 0 Å². The van der Waals surface area contributed by atoms with Gasteiger partial charge in [-0.05, 0) is 0 Å². The minimum Gasteiger partial charge on any atom is -0.388 e. The fourth-order valence-electron chi connectivity index (χ4n) is 3.17. The van der Waals surface area contributed by atoms with Gasteiger partial charge in [-0.25, -0.2) is 0 Å². The van der Waals surface area contributed by atoms with Gasteiger partial charge in [0, 0.05) is 26.1 Å². The van der Waals surface area contributed by atoms with Crippen molar-refractivity contribution in [2.24, 2.45) is 5.73 Å². The van der Waals surface area contributed by atoms with Crippen LogP contribution >= 0.6 is 0 Å². The molecular formula is C13H22N2O5. The van der Waals surface area contributed by atoms with E-state index in [2.05, 4.69) is 0 Å². The van der Waals surface area contributed by atoms with Crippen LogP contribution < -0.4 is 5.73 Å². The predicted octanol–water partition coefficient (Wildman–Crippen LogP) is -1.52. The number of aliphatic hydroxyl groups is 1. The first-order valence-corrected chi connectivity index (χ1v) is 7.23. The Morgan fingerprint density at radius 1 is 1.30 bits per heavy atom. The van der Waals surface area contributed by atoms with Crippen molar-refractivity contribution in [2.45, 2.75) is 43.4 Å². The Morgan fingerprint density at radius 2 is 2.05 bits per heavy atom. The summed E-state index contributed by atoms with van der Waals surface area (Å²) in [6.45, 7) is 2.78. The van der Waals surface area contributed by atoms with Gasteiger partial charge in [-0.1, -0.05) is 0 Å². The zero-order valence-electron chi connectivity index (χ0n) is 11.4.